The minimum atomic E-state index is 0.638. The molecule has 2 heteroatoms. The summed E-state index contributed by atoms with van der Waals surface area (Å²) in [5, 5.41) is 0. The van der Waals surface area contributed by atoms with Crippen molar-refractivity contribution in [3.63, 3.8) is 0 Å². The van der Waals surface area contributed by atoms with Gasteiger partial charge in [0.1, 0.15) is 6.17 Å². The van der Waals surface area contributed by atoms with Crippen molar-refractivity contribution in [1.29, 1.82) is 0 Å². The van der Waals surface area contributed by atoms with E-state index in [1.807, 2.05) is 0 Å². The molecule has 2 nitrogen and oxygen atoms in total. The first-order valence-electron chi connectivity index (χ1n) is 23.0. The van der Waals surface area contributed by atoms with Crippen molar-refractivity contribution in [2.75, 3.05) is 13.1 Å². The first-order chi connectivity index (χ1) is 23.8. The van der Waals surface area contributed by atoms with Crippen LogP contribution in [0.15, 0.2) is 12.4 Å². The zero-order valence-electron chi connectivity index (χ0n) is 33.9. The molecule has 0 spiro atoms. The maximum absolute atomic E-state index is 2.73. The molecular weight excluding hydrogens is 581 g/mol. The molecule has 0 aromatic rings. The molecule has 0 aliphatic carbocycles. The highest BCUT2D eigenvalue weighted by Gasteiger charge is 2.24. The lowest BCUT2D eigenvalue weighted by atomic mass is 10.0. The van der Waals surface area contributed by atoms with Gasteiger partial charge in [-0.15, -0.1) is 0 Å². The second-order valence-electron chi connectivity index (χ2n) is 16.1. The highest BCUT2D eigenvalue weighted by atomic mass is 15.4. The number of rotatable bonds is 40. The van der Waals surface area contributed by atoms with E-state index in [2.05, 4.69) is 43.0 Å². The van der Waals surface area contributed by atoms with Gasteiger partial charge in [0.05, 0.1) is 0 Å². The Morgan fingerprint density at radius 2 is 0.479 bits per heavy atom. The summed E-state index contributed by atoms with van der Waals surface area (Å²) in [5.74, 6) is 0. The Kier molecular flexibility index (Phi) is 35.5. The molecule has 0 radical (unpaired) electrons. The Labute approximate surface area is 305 Å². The van der Waals surface area contributed by atoms with Crippen LogP contribution in [-0.2, 0) is 0 Å². The summed E-state index contributed by atoms with van der Waals surface area (Å²) >= 11 is 0. The number of unbranched alkanes of at least 4 members (excludes halogenated alkanes) is 34. The maximum atomic E-state index is 2.73. The molecule has 0 saturated carbocycles. The van der Waals surface area contributed by atoms with Gasteiger partial charge in [0, 0.05) is 25.5 Å². The highest BCUT2D eigenvalue weighted by molar-refractivity contribution is 4.97. The van der Waals surface area contributed by atoms with E-state index in [9.17, 15) is 0 Å². The number of hydrogen-bond donors (Lipinski definition) is 0. The molecule has 1 atom stereocenters. The molecule has 0 bridgehead atoms. The van der Waals surface area contributed by atoms with Gasteiger partial charge in [0.25, 0.3) is 0 Å². The average Bonchev–Trinajstić information content (AvgIpc) is 3.48. The van der Waals surface area contributed by atoms with Crippen LogP contribution >= 0.6 is 0 Å². The van der Waals surface area contributed by atoms with Crippen molar-refractivity contribution in [2.24, 2.45) is 0 Å². The number of hydrogen-bond acceptors (Lipinski definition) is 2. The Morgan fingerprint density at radius 3 is 0.729 bits per heavy atom. The molecule has 1 aliphatic rings. The van der Waals surface area contributed by atoms with Crippen LogP contribution < -0.4 is 0 Å². The first kappa shape index (κ1) is 45.4. The fourth-order valence-corrected chi connectivity index (χ4v) is 7.95. The van der Waals surface area contributed by atoms with Gasteiger partial charge in [-0.3, -0.25) is 0 Å². The summed E-state index contributed by atoms with van der Waals surface area (Å²) in [5.41, 5.74) is 0. The molecule has 0 N–H and O–H groups in total. The lowest BCUT2D eigenvalue weighted by Crippen LogP contribution is -2.39. The average molecular weight is 673 g/mol. The molecule has 1 rings (SSSR count). The van der Waals surface area contributed by atoms with E-state index < -0.39 is 0 Å². The molecule has 286 valence electrons. The molecular formula is C46H92N2. The van der Waals surface area contributed by atoms with E-state index in [4.69, 9.17) is 0 Å². The second kappa shape index (κ2) is 37.6. The fraction of sp³-hybridized carbons (Fsp3) is 0.957. The minimum Gasteiger partial charge on any atom is -0.356 e. The van der Waals surface area contributed by atoms with E-state index in [-0.39, 0.29) is 0 Å². The van der Waals surface area contributed by atoms with Crippen molar-refractivity contribution >= 4 is 0 Å². The normalized spacial score (nSPS) is 14.6. The Morgan fingerprint density at radius 1 is 0.271 bits per heavy atom. The highest BCUT2D eigenvalue weighted by Crippen LogP contribution is 2.24. The van der Waals surface area contributed by atoms with Crippen molar-refractivity contribution in [1.82, 2.24) is 9.80 Å². The van der Waals surface area contributed by atoms with E-state index in [0.29, 0.717) is 6.17 Å². The summed E-state index contributed by atoms with van der Waals surface area (Å²) in [6.45, 7) is 9.49. The number of nitrogens with zero attached hydrogens (tertiary/aromatic N) is 2. The van der Waals surface area contributed by atoms with Gasteiger partial charge in [0.15, 0.2) is 0 Å². The van der Waals surface area contributed by atoms with Gasteiger partial charge in [-0.25, -0.2) is 0 Å². The van der Waals surface area contributed by atoms with Crippen LogP contribution in [-0.4, -0.2) is 29.1 Å². The lowest BCUT2D eigenvalue weighted by Gasteiger charge is -2.33. The molecule has 0 fully saturated rings. The van der Waals surface area contributed by atoms with E-state index in [1.165, 1.54) is 257 Å². The first-order valence-corrected chi connectivity index (χ1v) is 23.0. The molecule has 1 heterocycles. The molecule has 1 unspecified atom stereocenters. The van der Waals surface area contributed by atoms with Crippen molar-refractivity contribution in [3.05, 3.63) is 12.4 Å². The van der Waals surface area contributed by atoms with Crippen molar-refractivity contribution < 1.29 is 0 Å². The molecule has 0 amide bonds. The van der Waals surface area contributed by atoms with Crippen LogP contribution in [0.3, 0.4) is 0 Å². The van der Waals surface area contributed by atoms with Gasteiger partial charge >= 0.3 is 0 Å². The summed E-state index contributed by atoms with van der Waals surface area (Å²) in [7, 11) is 0. The van der Waals surface area contributed by atoms with Gasteiger partial charge in [-0.1, -0.05) is 239 Å². The Balaban J connectivity index is 2.16. The molecule has 0 aromatic heterocycles. The second-order valence-corrected chi connectivity index (χ2v) is 16.1. The predicted octanol–water partition coefficient (Wildman–Crippen LogP) is 16.3. The molecule has 1 aliphatic heterocycles. The van der Waals surface area contributed by atoms with Crippen LogP contribution in [0, 0.1) is 0 Å². The Hall–Kier alpha value is -0.660. The SMILES string of the molecule is CCCCCCCCCCCCCCCCCCCC1N(CCCCCCCCCC)C=CN1CCCCCCCCCCCCCC. The van der Waals surface area contributed by atoms with Gasteiger partial charge < -0.3 is 9.80 Å². The summed E-state index contributed by atoms with van der Waals surface area (Å²) in [6, 6.07) is 0. The topological polar surface area (TPSA) is 6.48 Å². The predicted molar refractivity (Wildman–Crippen MR) is 219 cm³/mol. The Bertz CT molecular complexity index is 630. The van der Waals surface area contributed by atoms with E-state index in [1.54, 1.807) is 0 Å². The van der Waals surface area contributed by atoms with E-state index >= 15 is 0 Å². The van der Waals surface area contributed by atoms with Crippen LogP contribution in [0.1, 0.15) is 265 Å². The van der Waals surface area contributed by atoms with Crippen LogP contribution in [0.25, 0.3) is 0 Å². The molecule has 0 saturated heterocycles. The van der Waals surface area contributed by atoms with Crippen LogP contribution in [0.5, 0.6) is 0 Å². The van der Waals surface area contributed by atoms with Crippen molar-refractivity contribution in [2.45, 2.75) is 271 Å². The lowest BCUT2D eigenvalue weighted by molar-refractivity contribution is 0.135. The largest absolute Gasteiger partial charge is 0.356 e. The maximum Gasteiger partial charge on any atom is 0.101 e. The summed E-state index contributed by atoms with van der Waals surface area (Å²) in [4.78, 5) is 5.46. The smallest absolute Gasteiger partial charge is 0.101 e. The van der Waals surface area contributed by atoms with Crippen LogP contribution in [0.4, 0.5) is 0 Å². The molecule has 0 aromatic carbocycles. The van der Waals surface area contributed by atoms with Crippen molar-refractivity contribution in [3.8, 4) is 0 Å². The van der Waals surface area contributed by atoms with E-state index in [0.717, 1.165) is 0 Å². The van der Waals surface area contributed by atoms with Gasteiger partial charge in [0.2, 0.25) is 0 Å². The molecule has 48 heavy (non-hydrogen) atoms. The van der Waals surface area contributed by atoms with Gasteiger partial charge in [-0.2, -0.15) is 0 Å². The fourth-order valence-electron chi connectivity index (χ4n) is 7.95. The van der Waals surface area contributed by atoms with Gasteiger partial charge in [-0.05, 0) is 25.7 Å². The third kappa shape index (κ3) is 29.1. The monoisotopic (exact) mass is 673 g/mol. The summed E-state index contributed by atoms with van der Waals surface area (Å²) < 4.78 is 0. The quantitative estimate of drug-likeness (QED) is 0.0598. The zero-order chi connectivity index (χ0) is 34.4. The standard InChI is InChI=1S/C46H92N2/c1-4-7-10-13-16-19-21-23-24-25-26-27-28-30-32-35-38-41-46-47(42-39-36-33-18-15-12-9-6-3)44-45-48(46)43-40-37-34-31-29-22-20-17-14-11-8-5-2/h44-46H,4-43H2,1-3H3. The summed E-state index contributed by atoms with van der Waals surface area (Å²) in [6.07, 6.45) is 60.4. The third-order valence-electron chi connectivity index (χ3n) is 11.3. The zero-order valence-corrected chi connectivity index (χ0v) is 33.9. The minimum absolute atomic E-state index is 0.638. The third-order valence-corrected chi connectivity index (χ3v) is 11.3. The van der Waals surface area contributed by atoms with Crippen LogP contribution in [0.2, 0.25) is 0 Å².